The van der Waals surface area contributed by atoms with Crippen molar-refractivity contribution in [2.75, 3.05) is 0 Å². The number of rotatable bonds is 1. The van der Waals surface area contributed by atoms with Crippen LogP contribution in [0.2, 0.25) is 0 Å². The highest BCUT2D eigenvalue weighted by Crippen LogP contribution is 2.53. The van der Waals surface area contributed by atoms with Crippen molar-refractivity contribution in [3.05, 3.63) is 148 Å². The van der Waals surface area contributed by atoms with Crippen LogP contribution in [0.15, 0.2) is 103 Å². The van der Waals surface area contributed by atoms with Crippen molar-refractivity contribution in [3.63, 3.8) is 0 Å². The summed E-state index contributed by atoms with van der Waals surface area (Å²) in [5.41, 5.74) is 11.8. The van der Waals surface area contributed by atoms with Gasteiger partial charge in [-0.3, -0.25) is 4.79 Å². The molecule has 0 fully saturated rings. The summed E-state index contributed by atoms with van der Waals surface area (Å²) in [6, 6.07) is 37.0. The molecule has 0 radical (unpaired) electrons. The zero-order valence-corrected chi connectivity index (χ0v) is 25.2. The first kappa shape index (κ1) is 25.3. The first-order valence-electron chi connectivity index (χ1n) is 15.0. The van der Waals surface area contributed by atoms with E-state index in [9.17, 15) is 4.79 Å². The molecular weight excluding hydrogens is 510 g/mol. The number of hydrogen-bond donors (Lipinski definition) is 0. The van der Waals surface area contributed by atoms with Gasteiger partial charge < -0.3 is 4.57 Å². The highest BCUT2D eigenvalue weighted by atomic mass is 16.1. The van der Waals surface area contributed by atoms with Crippen molar-refractivity contribution < 1.29 is 4.79 Å². The van der Waals surface area contributed by atoms with Crippen LogP contribution in [0, 0.1) is 0 Å². The van der Waals surface area contributed by atoms with E-state index in [4.69, 9.17) is 0 Å². The molecule has 2 aliphatic carbocycles. The zero-order valence-electron chi connectivity index (χ0n) is 25.2. The SMILES string of the molecule is CC1(C)c2ccc(-n3c4ccccc4c4ccccc43)cc2C(=O)c2cc3c(cc21)C(C)(C)c1ccccc1C3(C)C. The Hall–Kier alpha value is -4.43. The fraction of sp³-hybridized carbons (Fsp3) is 0.225. The monoisotopic (exact) mass is 545 g/mol. The van der Waals surface area contributed by atoms with Crippen LogP contribution in [0.3, 0.4) is 0 Å². The number of hydrogen-bond acceptors (Lipinski definition) is 1. The predicted octanol–water partition coefficient (Wildman–Crippen LogP) is 9.62. The van der Waals surface area contributed by atoms with E-state index >= 15 is 0 Å². The van der Waals surface area contributed by atoms with E-state index in [1.807, 2.05) is 0 Å². The first-order chi connectivity index (χ1) is 20.0. The minimum Gasteiger partial charge on any atom is -0.309 e. The summed E-state index contributed by atoms with van der Waals surface area (Å²) in [5, 5.41) is 2.44. The fourth-order valence-corrected chi connectivity index (χ4v) is 8.10. The maximum absolute atomic E-state index is 14.5. The first-order valence-corrected chi connectivity index (χ1v) is 15.0. The van der Waals surface area contributed by atoms with Crippen molar-refractivity contribution in [2.24, 2.45) is 0 Å². The lowest BCUT2D eigenvalue weighted by atomic mass is 9.57. The van der Waals surface area contributed by atoms with Gasteiger partial charge in [0.2, 0.25) is 0 Å². The Bertz CT molecular complexity index is 2080. The molecule has 0 spiro atoms. The molecule has 206 valence electrons. The smallest absolute Gasteiger partial charge is 0.193 e. The number of carbonyl (C=O) groups is 1. The highest BCUT2D eigenvalue weighted by molar-refractivity contribution is 6.14. The Morgan fingerprint density at radius 1 is 0.452 bits per heavy atom. The normalized spacial score (nSPS) is 17.4. The molecule has 2 nitrogen and oxygen atoms in total. The Labute approximate surface area is 247 Å². The molecule has 0 aliphatic heterocycles. The summed E-state index contributed by atoms with van der Waals surface area (Å²) < 4.78 is 2.30. The van der Waals surface area contributed by atoms with E-state index in [2.05, 4.69) is 149 Å². The summed E-state index contributed by atoms with van der Waals surface area (Å²) in [6.07, 6.45) is 0. The van der Waals surface area contributed by atoms with E-state index < -0.39 is 0 Å². The molecule has 0 amide bonds. The lowest BCUT2D eigenvalue weighted by molar-refractivity contribution is 0.103. The number of para-hydroxylation sites is 2. The molecular formula is C40H35NO. The molecule has 0 saturated heterocycles. The van der Waals surface area contributed by atoms with Crippen LogP contribution in [0.5, 0.6) is 0 Å². The van der Waals surface area contributed by atoms with Gasteiger partial charge in [-0.2, -0.15) is 0 Å². The quantitative estimate of drug-likeness (QED) is 0.202. The van der Waals surface area contributed by atoms with Crippen molar-refractivity contribution in [1.29, 1.82) is 0 Å². The van der Waals surface area contributed by atoms with E-state index in [0.717, 1.165) is 39.0 Å². The van der Waals surface area contributed by atoms with Crippen LogP contribution in [0.1, 0.15) is 90.8 Å². The molecule has 2 aliphatic rings. The standard InChI is InChI=1S/C40H35NO/c1-38(2)29-20-19-24(41-35-17-11-7-13-25(35)26-14-8-12-18-36(26)41)21-27(29)37(42)28-22-33-34(23-32(28)38)40(5,6)31-16-10-9-15-30(31)39(33,3)4/h7-23H,1-6H3. The molecule has 2 heteroatoms. The third-order valence-corrected chi connectivity index (χ3v) is 10.5. The van der Waals surface area contributed by atoms with E-state index in [1.54, 1.807) is 0 Å². The second-order valence-corrected chi connectivity index (χ2v) is 13.8. The third-order valence-electron chi connectivity index (χ3n) is 10.5. The minimum atomic E-state index is -0.315. The van der Waals surface area contributed by atoms with Crippen LogP contribution >= 0.6 is 0 Å². The van der Waals surface area contributed by atoms with E-state index in [0.29, 0.717) is 0 Å². The third kappa shape index (κ3) is 3.08. The molecule has 0 atom stereocenters. The zero-order chi connectivity index (χ0) is 29.2. The van der Waals surface area contributed by atoms with Gasteiger partial charge in [0.25, 0.3) is 0 Å². The van der Waals surface area contributed by atoms with Crippen molar-refractivity contribution in [1.82, 2.24) is 4.57 Å². The van der Waals surface area contributed by atoms with Gasteiger partial charge in [0, 0.05) is 43.8 Å². The molecule has 8 rings (SSSR count). The molecule has 42 heavy (non-hydrogen) atoms. The van der Waals surface area contributed by atoms with Crippen LogP contribution in [-0.2, 0) is 16.2 Å². The van der Waals surface area contributed by atoms with Crippen LogP contribution in [0.4, 0.5) is 0 Å². The van der Waals surface area contributed by atoms with Gasteiger partial charge in [0.15, 0.2) is 5.78 Å². The van der Waals surface area contributed by atoms with Crippen molar-refractivity contribution in [2.45, 2.75) is 57.8 Å². The minimum absolute atomic E-state index is 0.122. The van der Waals surface area contributed by atoms with Crippen LogP contribution in [0.25, 0.3) is 27.5 Å². The van der Waals surface area contributed by atoms with Gasteiger partial charge in [0.05, 0.1) is 11.0 Å². The van der Waals surface area contributed by atoms with Crippen molar-refractivity contribution in [3.8, 4) is 5.69 Å². The molecule has 6 aromatic rings. The molecule has 1 aromatic heterocycles. The maximum Gasteiger partial charge on any atom is 0.193 e. The number of carbonyl (C=O) groups excluding carboxylic acids is 1. The molecule has 0 unspecified atom stereocenters. The topological polar surface area (TPSA) is 22.0 Å². The summed E-state index contributed by atoms with van der Waals surface area (Å²) in [5.74, 6) is 0.122. The second kappa shape index (κ2) is 8.10. The number of fused-ring (bicyclic) bond motifs is 7. The Balaban J connectivity index is 1.36. The van der Waals surface area contributed by atoms with Gasteiger partial charge in [0.1, 0.15) is 0 Å². The van der Waals surface area contributed by atoms with E-state index in [-0.39, 0.29) is 22.0 Å². The van der Waals surface area contributed by atoms with Gasteiger partial charge in [-0.25, -0.2) is 0 Å². The number of nitrogens with zero attached hydrogens (tertiary/aromatic N) is 1. The number of benzene rings is 5. The summed E-state index contributed by atoms with van der Waals surface area (Å²) in [7, 11) is 0. The Morgan fingerprint density at radius 3 is 1.52 bits per heavy atom. The number of ketones is 1. The predicted molar refractivity (Wildman–Crippen MR) is 173 cm³/mol. The fourth-order valence-electron chi connectivity index (χ4n) is 8.10. The average Bonchev–Trinajstić information content (AvgIpc) is 3.33. The average molecular weight is 546 g/mol. The molecule has 0 saturated carbocycles. The van der Waals surface area contributed by atoms with E-state index in [1.165, 1.54) is 33.0 Å². The lowest BCUT2D eigenvalue weighted by Crippen LogP contribution is -2.39. The molecule has 1 heterocycles. The summed E-state index contributed by atoms with van der Waals surface area (Å²) >= 11 is 0. The van der Waals surface area contributed by atoms with Gasteiger partial charge >= 0.3 is 0 Å². The molecule has 0 N–H and O–H groups in total. The van der Waals surface area contributed by atoms with Gasteiger partial charge in [-0.05, 0) is 63.7 Å². The largest absolute Gasteiger partial charge is 0.309 e. The second-order valence-electron chi connectivity index (χ2n) is 13.8. The maximum atomic E-state index is 14.5. The van der Waals surface area contributed by atoms with Crippen LogP contribution < -0.4 is 0 Å². The van der Waals surface area contributed by atoms with Crippen LogP contribution in [-0.4, -0.2) is 10.4 Å². The highest BCUT2D eigenvalue weighted by Gasteiger charge is 2.45. The summed E-state index contributed by atoms with van der Waals surface area (Å²) in [4.78, 5) is 14.5. The number of aromatic nitrogens is 1. The van der Waals surface area contributed by atoms with Gasteiger partial charge in [-0.1, -0.05) is 114 Å². The van der Waals surface area contributed by atoms with Gasteiger partial charge in [-0.15, -0.1) is 0 Å². The summed E-state index contributed by atoms with van der Waals surface area (Å²) in [6.45, 7) is 13.8. The Kier molecular flexibility index (Phi) is 4.88. The van der Waals surface area contributed by atoms with Crippen molar-refractivity contribution >= 4 is 27.6 Å². The molecule has 5 aromatic carbocycles. The lowest BCUT2D eigenvalue weighted by Gasteiger charge is -2.46. The Morgan fingerprint density at radius 2 is 0.929 bits per heavy atom. The molecule has 0 bridgehead atoms.